The molecule has 0 bridgehead atoms. The lowest BCUT2D eigenvalue weighted by molar-refractivity contribution is -0.138. The van der Waals surface area contributed by atoms with Crippen LogP contribution in [0.5, 0.6) is 0 Å². The Hall–Kier alpha value is -2.11. The zero-order valence-electron chi connectivity index (χ0n) is 9.94. The Kier molecular flexibility index (Phi) is 5.10. The summed E-state index contributed by atoms with van der Waals surface area (Å²) in [7, 11) is 0. The van der Waals surface area contributed by atoms with Gasteiger partial charge < -0.3 is 15.7 Å². The first kappa shape index (κ1) is 14.0. The fourth-order valence-electron chi connectivity index (χ4n) is 1.28. The average molecular weight is 254 g/mol. The fraction of sp³-hybridized carbons (Fsp3) is 0.333. The van der Waals surface area contributed by atoms with Gasteiger partial charge in [-0.15, -0.1) is 0 Å². The molecule has 0 saturated carbocycles. The summed E-state index contributed by atoms with van der Waals surface area (Å²) in [5, 5.41) is 13.4. The van der Waals surface area contributed by atoms with Crippen LogP contribution in [0, 0.1) is 5.82 Å². The second-order valence-corrected chi connectivity index (χ2v) is 3.84. The number of nitrogens with one attached hydrogen (secondary N) is 2. The van der Waals surface area contributed by atoms with Gasteiger partial charge >= 0.3 is 12.0 Å². The van der Waals surface area contributed by atoms with E-state index in [1.807, 2.05) is 0 Å². The average Bonchev–Trinajstić information content (AvgIpc) is 2.31. The van der Waals surface area contributed by atoms with Crippen LogP contribution >= 0.6 is 0 Å². The standard InChI is InChI=1S/C12H15FN2O3/c1-8(11(16)17)15-12(18)14-7-6-9-2-4-10(13)5-3-9/h2-5,8H,6-7H2,1H3,(H,16,17)(H2,14,15,18). The van der Waals surface area contributed by atoms with Gasteiger partial charge in [-0.1, -0.05) is 12.1 Å². The molecule has 1 atom stereocenters. The first-order chi connectivity index (χ1) is 8.49. The Morgan fingerprint density at radius 2 is 1.94 bits per heavy atom. The van der Waals surface area contributed by atoms with E-state index < -0.39 is 18.0 Å². The van der Waals surface area contributed by atoms with Gasteiger partial charge in [-0.25, -0.2) is 9.18 Å². The molecule has 98 valence electrons. The van der Waals surface area contributed by atoms with E-state index in [1.165, 1.54) is 19.1 Å². The van der Waals surface area contributed by atoms with Gasteiger partial charge in [0.2, 0.25) is 0 Å². The number of benzene rings is 1. The van der Waals surface area contributed by atoms with Crippen molar-refractivity contribution in [2.75, 3.05) is 6.54 Å². The molecule has 6 heteroatoms. The second-order valence-electron chi connectivity index (χ2n) is 3.84. The minimum absolute atomic E-state index is 0.306. The third-order valence-corrected chi connectivity index (χ3v) is 2.33. The molecule has 1 aromatic rings. The Morgan fingerprint density at radius 3 is 2.50 bits per heavy atom. The molecule has 1 aromatic carbocycles. The van der Waals surface area contributed by atoms with Gasteiger partial charge in [-0.2, -0.15) is 0 Å². The summed E-state index contributed by atoms with van der Waals surface area (Å²) in [6, 6.07) is 4.50. The number of aliphatic carboxylic acids is 1. The summed E-state index contributed by atoms with van der Waals surface area (Å²) in [4.78, 5) is 21.7. The minimum Gasteiger partial charge on any atom is -0.480 e. The van der Waals surface area contributed by atoms with E-state index in [2.05, 4.69) is 10.6 Å². The monoisotopic (exact) mass is 254 g/mol. The third kappa shape index (κ3) is 4.82. The van der Waals surface area contributed by atoms with Crippen LogP contribution in [0.25, 0.3) is 0 Å². The summed E-state index contributed by atoms with van der Waals surface area (Å²) in [6.07, 6.45) is 0.551. The molecule has 1 unspecified atom stereocenters. The molecule has 3 N–H and O–H groups in total. The van der Waals surface area contributed by atoms with Crippen molar-refractivity contribution in [3.05, 3.63) is 35.6 Å². The van der Waals surface area contributed by atoms with E-state index in [0.717, 1.165) is 5.56 Å². The predicted octanol–water partition coefficient (Wildman–Crippen LogP) is 1.14. The number of carbonyl (C=O) groups is 2. The van der Waals surface area contributed by atoms with E-state index in [1.54, 1.807) is 12.1 Å². The highest BCUT2D eigenvalue weighted by Crippen LogP contribution is 2.02. The van der Waals surface area contributed by atoms with Gasteiger partial charge in [0.15, 0.2) is 0 Å². The first-order valence-corrected chi connectivity index (χ1v) is 5.50. The Labute approximate surface area is 104 Å². The van der Waals surface area contributed by atoms with Crippen LogP contribution in [0.2, 0.25) is 0 Å². The molecular formula is C12H15FN2O3. The number of carboxylic acid groups (broad SMARTS) is 1. The SMILES string of the molecule is CC(NC(=O)NCCc1ccc(F)cc1)C(=O)O. The van der Waals surface area contributed by atoms with Crippen molar-refractivity contribution in [3.8, 4) is 0 Å². The lowest BCUT2D eigenvalue weighted by Crippen LogP contribution is -2.44. The van der Waals surface area contributed by atoms with Gasteiger partial charge in [-0.05, 0) is 31.0 Å². The first-order valence-electron chi connectivity index (χ1n) is 5.50. The van der Waals surface area contributed by atoms with Gasteiger partial charge in [-0.3, -0.25) is 4.79 Å². The summed E-state index contributed by atoms with van der Waals surface area (Å²) in [5.74, 6) is -1.40. The number of carboxylic acids is 1. The number of rotatable bonds is 5. The molecule has 0 heterocycles. The van der Waals surface area contributed by atoms with Crippen molar-refractivity contribution in [2.24, 2.45) is 0 Å². The zero-order valence-corrected chi connectivity index (χ0v) is 9.94. The fourth-order valence-corrected chi connectivity index (χ4v) is 1.28. The van der Waals surface area contributed by atoms with Crippen molar-refractivity contribution in [2.45, 2.75) is 19.4 Å². The van der Waals surface area contributed by atoms with Gasteiger partial charge in [0.05, 0.1) is 0 Å². The van der Waals surface area contributed by atoms with Crippen molar-refractivity contribution in [3.63, 3.8) is 0 Å². The molecule has 0 aliphatic heterocycles. The van der Waals surface area contributed by atoms with Gasteiger partial charge in [0.1, 0.15) is 11.9 Å². The number of urea groups is 1. The summed E-state index contributed by atoms with van der Waals surface area (Å²) < 4.78 is 12.6. The number of halogens is 1. The van der Waals surface area contributed by atoms with Crippen molar-refractivity contribution >= 4 is 12.0 Å². The van der Waals surface area contributed by atoms with Gasteiger partial charge in [0, 0.05) is 6.54 Å². The highest BCUT2D eigenvalue weighted by Gasteiger charge is 2.12. The smallest absolute Gasteiger partial charge is 0.325 e. The largest absolute Gasteiger partial charge is 0.480 e. The van der Waals surface area contributed by atoms with Crippen LogP contribution < -0.4 is 10.6 Å². The Bertz CT molecular complexity index is 420. The van der Waals surface area contributed by atoms with Crippen LogP contribution in [0.1, 0.15) is 12.5 Å². The minimum atomic E-state index is -1.09. The molecule has 2 amide bonds. The number of hydrogen-bond donors (Lipinski definition) is 3. The second kappa shape index (κ2) is 6.58. The summed E-state index contributed by atoms with van der Waals surface area (Å²) in [5.41, 5.74) is 0.892. The highest BCUT2D eigenvalue weighted by atomic mass is 19.1. The van der Waals surface area contributed by atoms with Crippen LogP contribution in [0.4, 0.5) is 9.18 Å². The number of carbonyl (C=O) groups excluding carboxylic acids is 1. The van der Waals surface area contributed by atoms with Crippen LogP contribution in [0.3, 0.4) is 0 Å². The molecule has 0 radical (unpaired) electrons. The zero-order chi connectivity index (χ0) is 13.5. The Balaban J connectivity index is 2.27. The van der Waals surface area contributed by atoms with E-state index in [-0.39, 0.29) is 5.82 Å². The van der Waals surface area contributed by atoms with Crippen LogP contribution in [-0.4, -0.2) is 29.7 Å². The van der Waals surface area contributed by atoms with E-state index in [0.29, 0.717) is 13.0 Å². The number of hydrogen-bond acceptors (Lipinski definition) is 2. The van der Waals surface area contributed by atoms with Crippen molar-refractivity contribution < 1.29 is 19.1 Å². The molecule has 0 spiro atoms. The van der Waals surface area contributed by atoms with E-state index >= 15 is 0 Å². The molecule has 0 aliphatic rings. The molecule has 1 rings (SSSR count). The quantitative estimate of drug-likeness (QED) is 0.737. The maximum absolute atomic E-state index is 12.6. The summed E-state index contributed by atoms with van der Waals surface area (Å²) >= 11 is 0. The summed E-state index contributed by atoms with van der Waals surface area (Å²) in [6.45, 7) is 1.73. The molecule has 0 aromatic heterocycles. The lowest BCUT2D eigenvalue weighted by Gasteiger charge is -2.10. The van der Waals surface area contributed by atoms with Crippen LogP contribution in [0.15, 0.2) is 24.3 Å². The lowest BCUT2D eigenvalue weighted by atomic mass is 10.1. The maximum Gasteiger partial charge on any atom is 0.325 e. The molecule has 5 nitrogen and oxygen atoms in total. The van der Waals surface area contributed by atoms with Crippen LogP contribution in [-0.2, 0) is 11.2 Å². The third-order valence-electron chi connectivity index (χ3n) is 2.33. The van der Waals surface area contributed by atoms with Crippen molar-refractivity contribution in [1.82, 2.24) is 10.6 Å². The Morgan fingerprint density at radius 1 is 1.33 bits per heavy atom. The molecule has 0 aliphatic carbocycles. The predicted molar refractivity (Wildman–Crippen MR) is 63.7 cm³/mol. The van der Waals surface area contributed by atoms with Crippen molar-refractivity contribution in [1.29, 1.82) is 0 Å². The normalized spacial score (nSPS) is 11.7. The molecular weight excluding hydrogens is 239 g/mol. The van der Waals surface area contributed by atoms with E-state index in [4.69, 9.17) is 5.11 Å². The topological polar surface area (TPSA) is 78.4 Å². The molecule has 18 heavy (non-hydrogen) atoms. The molecule has 0 saturated heterocycles. The number of amides is 2. The molecule has 0 fully saturated rings. The van der Waals surface area contributed by atoms with E-state index in [9.17, 15) is 14.0 Å². The highest BCUT2D eigenvalue weighted by molar-refractivity contribution is 5.82. The van der Waals surface area contributed by atoms with Gasteiger partial charge in [0.25, 0.3) is 0 Å². The maximum atomic E-state index is 12.6.